The van der Waals surface area contributed by atoms with Gasteiger partial charge in [0.25, 0.3) is 5.91 Å². The van der Waals surface area contributed by atoms with Crippen molar-refractivity contribution in [3.63, 3.8) is 0 Å². The van der Waals surface area contributed by atoms with Crippen LogP contribution in [0.15, 0.2) is 30.6 Å². The normalized spacial score (nSPS) is 15.1. The van der Waals surface area contributed by atoms with E-state index in [1.807, 2.05) is 17.3 Å². The van der Waals surface area contributed by atoms with E-state index >= 15 is 0 Å². The van der Waals surface area contributed by atoms with Gasteiger partial charge in [0.15, 0.2) is 11.5 Å². The number of imidazole rings is 1. The summed E-state index contributed by atoms with van der Waals surface area (Å²) in [6.45, 7) is 9.44. The predicted octanol–water partition coefficient (Wildman–Crippen LogP) is 2.48. The van der Waals surface area contributed by atoms with Crippen LogP contribution in [-0.4, -0.2) is 72.2 Å². The highest BCUT2D eigenvalue weighted by Crippen LogP contribution is 2.28. The summed E-state index contributed by atoms with van der Waals surface area (Å²) in [5, 5.41) is 0. The fourth-order valence-electron chi connectivity index (χ4n) is 3.59. The molecule has 1 aliphatic rings. The summed E-state index contributed by atoms with van der Waals surface area (Å²) in [7, 11) is 3.17. The molecule has 1 amide bonds. The van der Waals surface area contributed by atoms with Crippen LogP contribution in [0.1, 0.15) is 35.9 Å². The lowest BCUT2D eigenvalue weighted by Crippen LogP contribution is -2.49. The molecule has 28 heavy (non-hydrogen) atoms. The molecule has 3 rings (SSSR count). The second kappa shape index (κ2) is 9.10. The molecule has 0 bridgehead atoms. The topological polar surface area (TPSA) is 59.8 Å². The molecule has 152 valence electrons. The Morgan fingerprint density at radius 3 is 2.43 bits per heavy atom. The van der Waals surface area contributed by atoms with Crippen LogP contribution in [-0.2, 0) is 6.54 Å². The minimum atomic E-state index is 0.0392. The number of hydrogen-bond donors (Lipinski definition) is 0. The lowest BCUT2D eigenvalue weighted by molar-refractivity contribution is 0.0632. The van der Waals surface area contributed by atoms with Crippen molar-refractivity contribution in [2.24, 2.45) is 0 Å². The number of ether oxygens (including phenoxy) is 2. The maximum Gasteiger partial charge on any atom is 0.254 e. The van der Waals surface area contributed by atoms with E-state index in [4.69, 9.17) is 9.47 Å². The lowest BCUT2D eigenvalue weighted by atomic mass is 10.1. The Morgan fingerprint density at radius 2 is 1.79 bits per heavy atom. The molecule has 0 saturated carbocycles. The molecule has 1 fully saturated rings. The van der Waals surface area contributed by atoms with Crippen LogP contribution in [0.2, 0.25) is 0 Å². The molecule has 0 atom stereocenters. The van der Waals surface area contributed by atoms with Crippen molar-refractivity contribution < 1.29 is 14.3 Å². The highest BCUT2D eigenvalue weighted by Gasteiger charge is 2.23. The van der Waals surface area contributed by atoms with Gasteiger partial charge in [-0.05, 0) is 18.2 Å². The van der Waals surface area contributed by atoms with E-state index in [0.29, 0.717) is 23.0 Å². The fraction of sp³-hybridized carbons (Fsp3) is 0.524. The highest BCUT2D eigenvalue weighted by atomic mass is 16.5. The van der Waals surface area contributed by atoms with E-state index in [2.05, 4.69) is 28.3 Å². The highest BCUT2D eigenvalue weighted by molar-refractivity contribution is 5.95. The largest absolute Gasteiger partial charge is 0.493 e. The molecule has 0 aliphatic carbocycles. The molecule has 1 aromatic carbocycles. The van der Waals surface area contributed by atoms with Crippen LogP contribution in [0.5, 0.6) is 11.5 Å². The summed E-state index contributed by atoms with van der Waals surface area (Å²) >= 11 is 0. The number of aromatic nitrogens is 2. The number of nitrogens with zero attached hydrogens (tertiary/aromatic N) is 4. The third-order valence-corrected chi connectivity index (χ3v) is 5.21. The predicted molar refractivity (Wildman–Crippen MR) is 108 cm³/mol. The number of methoxy groups -OCH3 is 2. The quantitative estimate of drug-likeness (QED) is 0.732. The Morgan fingerprint density at radius 1 is 1.07 bits per heavy atom. The van der Waals surface area contributed by atoms with Gasteiger partial charge < -0.3 is 18.9 Å². The summed E-state index contributed by atoms with van der Waals surface area (Å²) in [5.74, 6) is 2.79. The minimum absolute atomic E-state index is 0.0392. The number of hydrogen-bond acceptors (Lipinski definition) is 5. The van der Waals surface area contributed by atoms with Gasteiger partial charge in [-0.25, -0.2) is 4.98 Å². The maximum atomic E-state index is 12.8. The maximum absolute atomic E-state index is 12.8. The zero-order chi connectivity index (χ0) is 20.1. The molecule has 0 unspecified atom stereocenters. The van der Waals surface area contributed by atoms with Gasteiger partial charge in [0.1, 0.15) is 5.82 Å². The van der Waals surface area contributed by atoms with E-state index in [9.17, 15) is 4.79 Å². The smallest absolute Gasteiger partial charge is 0.254 e. The Balaban J connectivity index is 1.53. The molecular weight excluding hydrogens is 356 g/mol. The van der Waals surface area contributed by atoms with Gasteiger partial charge in [-0.3, -0.25) is 9.69 Å². The van der Waals surface area contributed by atoms with Crippen molar-refractivity contribution >= 4 is 5.91 Å². The summed E-state index contributed by atoms with van der Waals surface area (Å²) < 4.78 is 12.8. The fourth-order valence-corrected chi connectivity index (χ4v) is 3.59. The number of carbonyl (C=O) groups excluding carboxylic acids is 1. The van der Waals surface area contributed by atoms with E-state index in [1.54, 1.807) is 32.4 Å². The third kappa shape index (κ3) is 4.47. The van der Waals surface area contributed by atoms with Crippen molar-refractivity contribution in [2.75, 3.05) is 46.9 Å². The van der Waals surface area contributed by atoms with Gasteiger partial charge in [-0.15, -0.1) is 0 Å². The third-order valence-electron chi connectivity index (χ3n) is 5.21. The number of piperazine rings is 1. The minimum Gasteiger partial charge on any atom is -0.493 e. The first-order valence-electron chi connectivity index (χ1n) is 9.78. The van der Waals surface area contributed by atoms with Gasteiger partial charge in [0.2, 0.25) is 0 Å². The second-order valence-electron chi connectivity index (χ2n) is 7.34. The Labute approximate surface area is 166 Å². The van der Waals surface area contributed by atoms with E-state index in [-0.39, 0.29) is 5.91 Å². The number of rotatable bonds is 7. The van der Waals surface area contributed by atoms with E-state index in [1.165, 1.54) is 0 Å². The van der Waals surface area contributed by atoms with Crippen molar-refractivity contribution in [3.05, 3.63) is 42.0 Å². The molecule has 1 aromatic heterocycles. The second-order valence-corrected chi connectivity index (χ2v) is 7.34. The molecule has 7 heteroatoms. The van der Waals surface area contributed by atoms with Crippen molar-refractivity contribution in [3.8, 4) is 11.5 Å². The summed E-state index contributed by atoms with van der Waals surface area (Å²) in [5.41, 5.74) is 0.631. The van der Waals surface area contributed by atoms with Crippen LogP contribution in [0.4, 0.5) is 0 Å². The number of carbonyl (C=O) groups is 1. The molecule has 2 heterocycles. The van der Waals surface area contributed by atoms with Crippen LogP contribution in [0.3, 0.4) is 0 Å². The van der Waals surface area contributed by atoms with Crippen LogP contribution in [0, 0.1) is 0 Å². The van der Waals surface area contributed by atoms with Gasteiger partial charge in [0, 0.05) is 63.1 Å². The zero-order valence-corrected chi connectivity index (χ0v) is 17.2. The molecule has 0 N–H and O–H groups in total. The van der Waals surface area contributed by atoms with E-state index < -0.39 is 0 Å². The standard InChI is InChI=1S/C21H30N4O3/c1-16(2)20-22-7-8-24(20)12-9-23-10-13-25(14-11-23)21(26)17-5-6-18(27-3)19(15-17)28-4/h5-8,15-16H,9-14H2,1-4H3. The van der Waals surface area contributed by atoms with Crippen LogP contribution >= 0.6 is 0 Å². The first kappa shape index (κ1) is 20.2. The van der Waals surface area contributed by atoms with Crippen LogP contribution in [0.25, 0.3) is 0 Å². The van der Waals surface area contributed by atoms with E-state index in [0.717, 1.165) is 45.1 Å². The molecule has 0 radical (unpaired) electrons. The van der Waals surface area contributed by atoms with Gasteiger partial charge in [-0.2, -0.15) is 0 Å². The Bertz CT molecular complexity index is 795. The summed E-state index contributed by atoms with van der Waals surface area (Å²) in [6.07, 6.45) is 3.92. The Hall–Kier alpha value is -2.54. The Kier molecular flexibility index (Phi) is 6.57. The molecular formula is C21H30N4O3. The summed E-state index contributed by atoms with van der Waals surface area (Å²) in [6, 6.07) is 5.32. The first-order valence-corrected chi connectivity index (χ1v) is 9.78. The monoisotopic (exact) mass is 386 g/mol. The molecule has 1 aliphatic heterocycles. The zero-order valence-electron chi connectivity index (χ0n) is 17.2. The van der Waals surface area contributed by atoms with Gasteiger partial charge >= 0.3 is 0 Å². The molecule has 7 nitrogen and oxygen atoms in total. The average molecular weight is 386 g/mol. The number of benzene rings is 1. The van der Waals surface area contributed by atoms with Crippen molar-refractivity contribution in [1.29, 1.82) is 0 Å². The SMILES string of the molecule is COc1ccc(C(=O)N2CCN(CCn3ccnc3C(C)C)CC2)cc1OC. The van der Waals surface area contributed by atoms with Gasteiger partial charge in [0.05, 0.1) is 14.2 Å². The van der Waals surface area contributed by atoms with Crippen molar-refractivity contribution in [1.82, 2.24) is 19.4 Å². The average Bonchev–Trinajstić information content (AvgIpc) is 3.20. The summed E-state index contributed by atoms with van der Waals surface area (Å²) in [4.78, 5) is 21.6. The van der Waals surface area contributed by atoms with Crippen LogP contribution < -0.4 is 9.47 Å². The van der Waals surface area contributed by atoms with Crippen molar-refractivity contribution in [2.45, 2.75) is 26.3 Å². The molecule has 1 saturated heterocycles. The molecule has 2 aromatic rings. The van der Waals surface area contributed by atoms with Gasteiger partial charge in [-0.1, -0.05) is 13.8 Å². The molecule has 0 spiro atoms. The lowest BCUT2D eigenvalue weighted by Gasteiger charge is -2.35. The first-order chi connectivity index (χ1) is 13.5. The number of amides is 1.